The van der Waals surface area contributed by atoms with Crippen LogP contribution in [0.1, 0.15) is 23.4 Å². The molecule has 0 spiro atoms. The lowest BCUT2D eigenvalue weighted by Crippen LogP contribution is -2.76. The molecule has 1 aromatic heterocycles. The molecule has 2 atom stereocenters. The van der Waals surface area contributed by atoms with Gasteiger partial charge in [0.25, 0.3) is 5.56 Å². The van der Waals surface area contributed by atoms with E-state index >= 15 is 0 Å². The van der Waals surface area contributed by atoms with Crippen LogP contribution in [0.15, 0.2) is 47.3 Å². The first-order valence-electron chi connectivity index (χ1n) is 9.93. The van der Waals surface area contributed by atoms with Crippen LogP contribution in [0.3, 0.4) is 0 Å². The third-order valence-corrected chi connectivity index (χ3v) is 6.56. The van der Waals surface area contributed by atoms with Crippen molar-refractivity contribution in [2.24, 2.45) is 5.73 Å². The number of urea groups is 1. The minimum absolute atomic E-state index is 0.0295. The normalized spacial score (nSPS) is 23.4. The number of nitrogens with one attached hydrogen (secondary N) is 1. The van der Waals surface area contributed by atoms with Gasteiger partial charge < -0.3 is 15.6 Å². The van der Waals surface area contributed by atoms with E-state index in [1.54, 1.807) is 11.0 Å². The standard InChI is InChI=1S/C22H22ClN5O2/c1-13-6-7-14(23)8-17(13)22-9-15(28(22)21(24)30)10-27(12-22)11-19-25-18-5-3-2-4-16(18)20(29)26-19/h2-8,15H,9-12H2,1H3,(H2,24,30)(H,25,26,29). The highest BCUT2D eigenvalue weighted by molar-refractivity contribution is 6.30. The van der Waals surface area contributed by atoms with Crippen LogP contribution < -0.4 is 11.3 Å². The number of hydrogen-bond acceptors (Lipinski definition) is 4. The zero-order chi connectivity index (χ0) is 21.0. The van der Waals surface area contributed by atoms with Gasteiger partial charge in [-0.1, -0.05) is 29.8 Å². The number of piperazine rings is 1. The molecule has 3 aliphatic rings. The van der Waals surface area contributed by atoms with Crippen LogP contribution in [0.4, 0.5) is 4.79 Å². The molecule has 0 radical (unpaired) electrons. The first-order chi connectivity index (χ1) is 14.4. The van der Waals surface area contributed by atoms with Gasteiger partial charge in [0.2, 0.25) is 0 Å². The Morgan fingerprint density at radius 1 is 1.33 bits per heavy atom. The summed E-state index contributed by atoms with van der Waals surface area (Å²) in [4.78, 5) is 36.2. The monoisotopic (exact) mass is 423 g/mol. The third kappa shape index (κ3) is 2.88. The van der Waals surface area contributed by atoms with Crippen molar-refractivity contribution >= 4 is 28.5 Å². The summed E-state index contributed by atoms with van der Waals surface area (Å²) in [6.07, 6.45) is 0.843. The molecule has 2 unspecified atom stereocenters. The van der Waals surface area contributed by atoms with Crippen LogP contribution in [0, 0.1) is 6.92 Å². The van der Waals surface area contributed by atoms with Crippen molar-refractivity contribution in [1.82, 2.24) is 19.8 Å². The Kier molecular flexibility index (Phi) is 4.34. The van der Waals surface area contributed by atoms with Gasteiger partial charge in [0.1, 0.15) is 5.82 Å². The second kappa shape index (κ2) is 6.82. The zero-order valence-electron chi connectivity index (χ0n) is 16.6. The number of piperidine rings is 1. The summed E-state index contributed by atoms with van der Waals surface area (Å²) < 4.78 is 0. The molecule has 2 bridgehead atoms. The van der Waals surface area contributed by atoms with Crippen LogP contribution >= 0.6 is 11.6 Å². The first kappa shape index (κ1) is 19.1. The van der Waals surface area contributed by atoms with E-state index in [9.17, 15) is 9.59 Å². The van der Waals surface area contributed by atoms with Crippen molar-refractivity contribution < 1.29 is 4.79 Å². The number of aromatic amines is 1. The van der Waals surface area contributed by atoms with Gasteiger partial charge in [0.05, 0.1) is 23.0 Å². The molecule has 154 valence electrons. The summed E-state index contributed by atoms with van der Waals surface area (Å²) in [6, 6.07) is 12.7. The molecule has 3 aliphatic heterocycles. The molecule has 3 aromatic rings. The molecule has 0 saturated carbocycles. The summed E-state index contributed by atoms with van der Waals surface area (Å²) in [5, 5.41) is 1.21. The molecule has 3 fully saturated rings. The van der Waals surface area contributed by atoms with E-state index in [0.717, 1.165) is 17.5 Å². The topological polar surface area (TPSA) is 95.3 Å². The van der Waals surface area contributed by atoms with Gasteiger partial charge in [-0.3, -0.25) is 9.69 Å². The van der Waals surface area contributed by atoms with Crippen molar-refractivity contribution in [2.45, 2.75) is 31.5 Å². The molecule has 7 nitrogen and oxygen atoms in total. The fourth-order valence-corrected chi connectivity index (χ4v) is 5.36. The third-order valence-electron chi connectivity index (χ3n) is 6.33. The number of H-pyrrole nitrogens is 1. The van der Waals surface area contributed by atoms with Crippen molar-refractivity contribution in [1.29, 1.82) is 0 Å². The number of aromatic nitrogens is 2. The average Bonchev–Trinajstić information content (AvgIpc) is 2.69. The van der Waals surface area contributed by atoms with Gasteiger partial charge in [-0.25, -0.2) is 9.78 Å². The van der Waals surface area contributed by atoms with Gasteiger partial charge in [-0.15, -0.1) is 0 Å². The van der Waals surface area contributed by atoms with Gasteiger partial charge in [0, 0.05) is 24.2 Å². The van der Waals surface area contributed by atoms with Crippen LogP contribution in [-0.4, -0.2) is 44.9 Å². The minimum Gasteiger partial charge on any atom is -0.351 e. The summed E-state index contributed by atoms with van der Waals surface area (Å²) in [6.45, 7) is 3.80. The van der Waals surface area contributed by atoms with E-state index in [4.69, 9.17) is 17.3 Å². The zero-order valence-corrected chi connectivity index (χ0v) is 17.3. The van der Waals surface area contributed by atoms with Gasteiger partial charge in [0.15, 0.2) is 0 Å². The Morgan fingerprint density at radius 2 is 2.13 bits per heavy atom. The van der Waals surface area contributed by atoms with Crippen LogP contribution in [0.25, 0.3) is 10.9 Å². The van der Waals surface area contributed by atoms with Gasteiger partial charge >= 0.3 is 6.03 Å². The predicted molar refractivity (Wildman–Crippen MR) is 115 cm³/mol. The minimum atomic E-state index is -0.513. The van der Waals surface area contributed by atoms with Crippen LogP contribution in [0.2, 0.25) is 5.02 Å². The fourth-order valence-electron chi connectivity index (χ4n) is 5.19. The van der Waals surface area contributed by atoms with Gasteiger partial charge in [-0.05, 0) is 48.7 Å². The Balaban J connectivity index is 1.49. The Morgan fingerprint density at radius 3 is 2.93 bits per heavy atom. The van der Waals surface area contributed by atoms with Crippen molar-refractivity contribution in [2.75, 3.05) is 13.1 Å². The molecule has 3 N–H and O–H groups in total. The maximum atomic E-state index is 12.4. The quantitative estimate of drug-likeness (QED) is 0.677. The maximum Gasteiger partial charge on any atom is 0.315 e. The molecule has 8 heteroatoms. The molecular weight excluding hydrogens is 402 g/mol. The highest BCUT2D eigenvalue weighted by atomic mass is 35.5. The second-order valence-electron chi connectivity index (χ2n) is 8.26. The number of primary amides is 1. The van der Waals surface area contributed by atoms with E-state index in [0.29, 0.717) is 41.4 Å². The lowest BCUT2D eigenvalue weighted by molar-refractivity contribution is -0.117. The van der Waals surface area contributed by atoms with Crippen molar-refractivity contribution in [3.8, 4) is 0 Å². The number of nitrogens with zero attached hydrogens (tertiary/aromatic N) is 3. The molecule has 3 saturated heterocycles. The molecule has 2 amide bonds. The molecule has 6 rings (SSSR count). The number of rotatable bonds is 3. The van der Waals surface area contributed by atoms with E-state index in [1.807, 2.05) is 43.3 Å². The van der Waals surface area contributed by atoms with E-state index < -0.39 is 11.6 Å². The number of nitrogens with two attached hydrogens (primary N) is 1. The number of carbonyl (C=O) groups excluding carboxylic acids is 1. The summed E-state index contributed by atoms with van der Waals surface area (Å²) in [7, 11) is 0. The second-order valence-corrected chi connectivity index (χ2v) is 8.69. The Hall–Kier alpha value is -2.90. The Bertz CT molecular complexity index is 1230. The van der Waals surface area contributed by atoms with Crippen LogP contribution in [0.5, 0.6) is 0 Å². The number of benzene rings is 2. The number of amides is 2. The highest BCUT2D eigenvalue weighted by Gasteiger charge is 2.59. The number of fused-ring (bicyclic) bond motifs is 3. The molecular formula is C22H22ClN5O2. The number of hydrogen-bond donors (Lipinski definition) is 2. The lowest BCUT2D eigenvalue weighted by Gasteiger charge is -2.64. The SMILES string of the molecule is Cc1ccc(Cl)cc1C12CC(CN(Cc3nc4ccccc4c(=O)[nH]3)C1)N2C(N)=O. The smallest absolute Gasteiger partial charge is 0.315 e. The number of para-hydroxylation sites is 1. The van der Waals surface area contributed by atoms with Crippen LogP contribution in [-0.2, 0) is 12.1 Å². The lowest BCUT2D eigenvalue weighted by atomic mass is 9.68. The van der Waals surface area contributed by atoms with E-state index in [-0.39, 0.29) is 11.6 Å². The molecule has 30 heavy (non-hydrogen) atoms. The largest absolute Gasteiger partial charge is 0.351 e. The van der Waals surface area contributed by atoms with E-state index in [1.165, 1.54) is 0 Å². The van der Waals surface area contributed by atoms with Gasteiger partial charge in [-0.2, -0.15) is 0 Å². The summed E-state index contributed by atoms with van der Waals surface area (Å²) in [5.74, 6) is 0.614. The fraction of sp³-hybridized carbons (Fsp3) is 0.318. The van der Waals surface area contributed by atoms with Crippen molar-refractivity contribution in [3.63, 3.8) is 0 Å². The molecule has 0 aliphatic carbocycles. The number of carbonyl (C=O) groups is 1. The molecule has 4 heterocycles. The summed E-state index contributed by atoms with van der Waals surface area (Å²) >= 11 is 6.28. The first-order valence-corrected chi connectivity index (χ1v) is 10.3. The number of aryl methyl sites for hydroxylation is 1. The number of halogens is 1. The maximum absolute atomic E-state index is 12.4. The average molecular weight is 424 g/mol. The molecule has 2 aromatic carbocycles. The van der Waals surface area contributed by atoms with E-state index in [2.05, 4.69) is 14.9 Å². The predicted octanol–water partition coefficient (Wildman–Crippen LogP) is 2.75. The Labute approximate surface area is 178 Å². The van der Waals surface area contributed by atoms with Crippen molar-refractivity contribution in [3.05, 3.63) is 74.8 Å². The summed E-state index contributed by atoms with van der Waals surface area (Å²) in [5.41, 5.74) is 7.87. The highest BCUT2D eigenvalue weighted by Crippen LogP contribution is 2.50.